The lowest BCUT2D eigenvalue weighted by atomic mass is 10.1. The summed E-state index contributed by atoms with van der Waals surface area (Å²) in [6.07, 6.45) is 3.24. The Bertz CT molecular complexity index is 677. The number of rotatable bonds is 1. The molecule has 0 amide bonds. The molecule has 0 radical (unpaired) electrons. The van der Waals surface area contributed by atoms with Crippen LogP contribution in [0.2, 0.25) is 5.15 Å². The van der Waals surface area contributed by atoms with Gasteiger partial charge in [0.05, 0.1) is 11.2 Å². The Balaban J connectivity index is 2.30. The van der Waals surface area contributed by atoms with E-state index in [0.29, 0.717) is 5.15 Å². The molecule has 0 saturated heterocycles. The maximum Gasteiger partial charge on any atom is 0.133 e. The minimum absolute atomic E-state index is 0.441. The van der Waals surface area contributed by atoms with Crippen LogP contribution < -0.4 is 0 Å². The van der Waals surface area contributed by atoms with Crippen LogP contribution in [0.5, 0.6) is 0 Å². The smallest absolute Gasteiger partial charge is 0.133 e. The molecule has 0 N–H and O–H groups in total. The van der Waals surface area contributed by atoms with E-state index >= 15 is 0 Å². The Labute approximate surface area is 103 Å². The van der Waals surface area contributed by atoms with Crippen molar-refractivity contribution in [2.45, 2.75) is 0 Å². The van der Waals surface area contributed by atoms with Crippen LogP contribution in [0.3, 0.4) is 0 Å². The Morgan fingerprint density at radius 3 is 2.76 bits per heavy atom. The van der Waals surface area contributed by atoms with Crippen molar-refractivity contribution in [1.82, 2.24) is 15.0 Å². The molecule has 0 atom stereocenters. The molecule has 0 unspecified atom stereocenters. The Kier molecular flexibility index (Phi) is 2.46. The van der Waals surface area contributed by atoms with Gasteiger partial charge in [-0.15, -0.1) is 0 Å². The first kappa shape index (κ1) is 10.2. The van der Waals surface area contributed by atoms with E-state index in [1.165, 1.54) is 6.33 Å². The summed E-state index contributed by atoms with van der Waals surface area (Å²) in [7, 11) is 0. The molecule has 0 aliphatic heterocycles. The van der Waals surface area contributed by atoms with Crippen LogP contribution in [0.15, 0.2) is 48.9 Å². The summed E-state index contributed by atoms with van der Waals surface area (Å²) in [5.74, 6) is 0. The highest BCUT2D eigenvalue weighted by Crippen LogP contribution is 2.26. The molecule has 1 aromatic carbocycles. The van der Waals surface area contributed by atoms with Crippen molar-refractivity contribution >= 4 is 22.5 Å². The molecule has 4 heteroatoms. The topological polar surface area (TPSA) is 38.7 Å². The number of nitrogens with zero attached hydrogens (tertiary/aromatic N) is 3. The van der Waals surface area contributed by atoms with E-state index in [0.717, 1.165) is 22.2 Å². The molecule has 3 nitrogen and oxygen atoms in total. The summed E-state index contributed by atoms with van der Waals surface area (Å²) < 4.78 is 0. The van der Waals surface area contributed by atoms with Crippen LogP contribution in [0, 0.1) is 0 Å². The van der Waals surface area contributed by atoms with Gasteiger partial charge >= 0.3 is 0 Å². The largest absolute Gasteiger partial charge is 0.256 e. The molecule has 0 bridgehead atoms. The molecule has 3 aromatic rings. The molecule has 82 valence electrons. The maximum atomic E-state index is 5.88. The zero-order valence-corrected chi connectivity index (χ0v) is 9.59. The normalized spacial score (nSPS) is 10.6. The first-order chi connectivity index (χ1) is 8.34. The van der Waals surface area contributed by atoms with E-state index in [4.69, 9.17) is 11.6 Å². The maximum absolute atomic E-state index is 5.88. The minimum Gasteiger partial charge on any atom is -0.256 e. The molecule has 0 saturated carbocycles. The van der Waals surface area contributed by atoms with Crippen molar-refractivity contribution in [3.05, 3.63) is 54.1 Å². The second kappa shape index (κ2) is 4.11. The van der Waals surface area contributed by atoms with Gasteiger partial charge in [0, 0.05) is 23.2 Å². The molecule has 0 aliphatic carbocycles. The highest BCUT2D eigenvalue weighted by molar-refractivity contribution is 6.29. The summed E-state index contributed by atoms with van der Waals surface area (Å²) >= 11 is 5.88. The van der Waals surface area contributed by atoms with Crippen LogP contribution in [0.25, 0.3) is 22.2 Å². The van der Waals surface area contributed by atoms with Crippen LogP contribution >= 0.6 is 11.6 Å². The second-order valence-electron chi connectivity index (χ2n) is 3.60. The minimum atomic E-state index is 0.441. The van der Waals surface area contributed by atoms with E-state index in [9.17, 15) is 0 Å². The molecule has 0 spiro atoms. The van der Waals surface area contributed by atoms with Crippen molar-refractivity contribution in [3.8, 4) is 11.3 Å². The van der Waals surface area contributed by atoms with Crippen molar-refractivity contribution in [3.63, 3.8) is 0 Å². The predicted molar refractivity (Wildman–Crippen MR) is 67.8 cm³/mol. The molecule has 0 aliphatic rings. The van der Waals surface area contributed by atoms with Gasteiger partial charge in [-0.25, -0.2) is 9.97 Å². The lowest BCUT2D eigenvalue weighted by Gasteiger charge is -2.04. The molecule has 2 heterocycles. The SMILES string of the molecule is Clc1cc(-c2cccc3ncccc23)ncn1. The number of halogens is 1. The van der Waals surface area contributed by atoms with E-state index < -0.39 is 0 Å². The van der Waals surface area contributed by atoms with E-state index in [-0.39, 0.29) is 0 Å². The summed E-state index contributed by atoms with van der Waals surface area (Å²) in [6.45, 7) is 0. The van der Waals surface area contributed by atoms with Gasteiger partial charge in [0.2, 0.25) is 0 Å². The molecular formula is C13H8ClN3. The third-order valence-corrected chi connectivity index (χ3v) is 2.76. The van der Waals surface area contributed by atoms with E-state index in [2.05, 4.69) is 15.0 Å². The number of benzene rings is 1. The molecule has 2 aromatic heterocycles. The van der Waals surface area contributed by atoms with Crippen molar-refractivity contribution in [2.24, 2.45) is 0 Å². The predicted octanol–water partition coefficient (Wildman–Crippen LogP) is 3.35. The lowest BCUT2D eigenvalue weighted by Crippen LogP contribution is -1.88. The van der Waals surface area contributed by atoms with E-state index in [1.54, 1.807) is 12.3 Å². The monoisotopic (exact) mass is 241 g/mol. The number of aromatic nitrogens is 3. The Morgan fingerprint density at radius 2 is 1.88 bits per heavy atom. The Morgan fingerprint density at radius 1 is 0.941 bits per heavy atom. The van der Waals surface area contributed by atoms with Gasteiger partial charge in [0.15, 0.2) is 0 Å². The van der Waals surface area contributed by atoms with Gasteiger partial charge in [0.25, 0.3) is 0 Å². The fraction of sp³-hybridized carbons (Fsp3) is 0. The molecule has 17 heavy (non-hydrogen) atoms. The zero-order chi connectivity index (χ0) is 11.7. The summed E-state index contributed by atoms with van der Waals surface area (Å²) in [5.41, 5.74) is 2.77. The average Bonchev–Trinajstić information content (AvgIpc) is 2.38. The van der Waals surface area contributed by atoms with Gasteiger partial charge in [0.1, 0.15) is 11.5 Å². The fourth-order valence-corrected chi connectivity index (χ4v) is 1.95. The van der Waals surface area contributed by atoms with Crippen molar-refractivity contribution < 1.29 is 0 Å². The molecule has 3 rings (SSSR count). The van der Waals surface area contributed by atoms with Gasteiger partial charge in [-0.3, -0.25) is 4.98 Å². The van der Waals surface area contributed by atoms with Gasteiger partial charge in [-0.1, -0.05) is 29.8 Å². The van der Waals surface area contributed by atoms with Crippen molar-refractivity contribution in [2.75, 3.05) is 0 Å². The molecular weight excluding hydrogens is 234 g/mol. The second-order valence-corrected chi connectivity index (χ2v) is 3.99. The first-order valence-electron chi connectivity index (χ1n) is 5.16. The molecule has 0 fully saturated rings. The summed E-state index contributed by atoms with van der Waals surface area (Å²) in [6, 6.07) is 11.6. The van der Waals surface area contributed by atoms with Gasteiger partial charge in [-0.2, -0.15) is 0 Å². The third kappa shape index (κ3) is 1.85. The number of hydrogen-bond donors (Lipinski definition) is 0. The van der Waals surface area contributed by atoms with Crippen LogP contribution in [-0.2, 0) is 0 Å². The number of pyridine rings is 1. The van der Waals surface area contributed by atoms with Crippen LogP contribution in [0.1, 0.15) is 0 Å². The zero-order valence-electron chi connectivity index (χ0n) is 8.84. The highest BCUT2D eigenvalue weighted by Gasteiger charge is 2.05. The third-order valence-electron chi connectivity index (χ3n) is 2.56. The summed E-state index contributed by atoms with van der Waals surface area (Å²) in [5, 5.41) is 1.50. The van der Waals surface area contributed by atoms with Crippen LogP contribution in [-0.4, -0.2) is 15.0 Å². The quantitative estimate of drug-likeness (QED) is 0.614. The van der Waals surface area contributed by atoms with E-state index in [1.807, 2.05) is 30.3 Å². The van der Waals surface area contributed by atoms with Gasteiger partial charge < -0.3 is 0 Å². The average molecular weight is 242 g/mol. The van der Waals surface area contributed by atoms with Gasteiger partial charge in [-0.05, 0) is 12.1 Å². The first-order valence-corrected chi connectivity index (χ1v) is 5.54. The fourth-order valence-electron chi connectivity index (χ4n) is 1.81. The summed E-state index contributed by atoms with van der Waals surface area (Å²) in [4.78, 5) is 12.4. The van der Waals surface area contributed by atoms with Crippen molar-refractivity contribution in [1.29, 1.82) is 0 Å². The number of fused-ring (bicyclic) bond motifs is 1. The highest BCUT2D eigenvalue weighted by atomic mass is 35.5. The number of hydrogen-bond acceptors (Lipinski definition) is 3. The Hall–Kier alpha value is -2.00. The van der Waals surface area contributed by atoms with Crippen LogP contribution in [0.4, 0.5) is 0 Å². The lowest BCUT2D eigenvalue weighted by molar-refractivity contribution is 1.17. The standard InChI is InChI=1S/C13H8ClN3/c14-13-7-12(16-8-17-13)10-3-1-5-11-9(10)4-2-6-15-11/h1-8H.